The summed E-state index contributed by atoms with van der Waals surface area (Å²) in [5.74, 6) is -2.66. The van der Waals surface area contributed by atoms with Crippen LogP contribution in [-0.4, -0.2) is 53.7 Å². The van der Waals surface area contributed by atoms with Crippen molar-refractivity contribution in [2.45, 2.75) is 64.5 Å². The smallest absolute Gasteiger partial charge is 0.243 e. The first-order chi connectivity index (χ1) is 16.2. The summed E-state index contributed by atoms with van der Waals surface area (Å²) in [6.45, 7) is 5.96. The summed E-state index contributed by atoms with van der Waals surface area (Å²) in [5, 5.41) is 9.39. The zero-order valence-corrected chi connectivity index (χ0v) is 19.8. The van der Waals surface area contributed by atoms with Gasteiger partial charge in [-0.1, -0.05) is 13.8 Å². The van der Waals surface area contributed by atoms with E-state index in [1.165, 1.54) is 0 Å². The second kappa shape index (κ2) is 9.69. The van der Waals surface area contributed by atoms with Gasteiger partial charge in [0.25, 0.3) is 0 Å². The van der Waals surface area contributed by atoms with Gasteiger partial charge in [-0.3, -0.25) is 9.69 Å². The second-order valence-corrected chi connectivity index (χ2v) is 10.8. The predicted molar refractivity (Wildman–Crippen MR) is 120 cm³/mol. The van der Waals surface area contributed by atoms with E-state index in [9.17, 15) is 28.0 Å². The van der Waals surface area contributed by atoms with Crippen molar-refractivity contribution in [1.29, 1.82) is 5.26 Å². The number of fused-ring (bicyclic) bond motifs is 1. The first kappa shape index (κ1) is 24.7. The Labute approximate surface area is 198 Å². The first-order valence-corrected chi connectivity index (χ1v) is 12.2. The molecule has 3 fully saturated rings. The third-order valence-corrected chi connectivity index (χ3v) is 7.81. The van der Waals surface area contributed by atoms with Crippen molar-refractivity contribution < 1.29 is 22.8 Å². The minimum absolute atomic E-state index is 0.0633. The molecule has 184 valence electrons. The lowest BCUT2D eigenvalue weighted by atomic mass is 9.85. The molecule has 3 aliphatic rings. The quantitative estimate of drug-likeness (QED) is 0.399. The Morgan fingerprint density at radius 2 is 1.88 bits per heavy atom. The number of hydrogen-bond donors (Lipinski definition) is 0. The molecule has 1 amide bonds. The minimum Gasteiger partial charge on any atom is -0.339 e. The molecule has 5 nitrogen and oxygen atoms in total. The molecule has 34 heavy (non-hydrogen) atoms. The fraction of sp³-hybridized carbons (Fsp3) is 0.654. The van der Waals surface area contributed by atoms with Crippen LogP contribution in [0, 0.1) is 52.0 Å². The number of carbonyl (C=O) groups is 2. The van der Waals surface area contributed by atoms with Gasteiger partial charge in [0.2, 0.25) is 5.91 Å². The Bertz CT molecular complexity index is 988. The number of hydrogen-bond acceptors (Lipinski definition) is 4. The van der Waals surface area contributed by atoms with Crippen molar-refractivity contribution >= 4 is 12.2 Å². The highest BCUT2D eigenvalue weighted by Crippen LogP contribution is 2.48. The van der Waals surface area contributed by atoms with Gasteiger partial charge in [0.05, 0.1) is 12.1 Å². The van der Waals surface area contributed by atoms with Crippen molar-refractivity contribution in [1.82, 2.24) is 9.80 Å². The normalized spacial score (nSPS) is 25.1. The summed E-state index contributed by atoms with van der Waals surface area (Å²) < 4.78 is 41.5. The summed E-state index contributed by atoms with van der Waals surface area (Å²) in [4.78, 5) is 29.0. The number of aldehydes is 1. The van der Waals surface area contributed by atoms with Crippen LogP contribution in [0.3, 0.4) is 0 Å². The van der Waals surface area contributed by atoms with Gasteiger partial charge in [-0.2, -0.15) is 5.26 Å². The van der Waals surface area contributed by atoms with E-state index >= 15 is 0 Å². The van der Waals surface area contributed by atoms with Crippen molar-refractivity contribution in [3.8, 4) is 6.07 Å². The Morgan fingerprint density at radius 3 is 2.50 bits per heavy atom. The van der Waals surface area contributed by atoms with E-state index in [0.717, 1.165) is 31.7 Å². The number of likely N-dealkylation sites (tertiary alicyclic amines) is 2. The van der Waals surface area contributed by atoms with E-state index in [1.54, 1.807) is 4.90 Å². The lowest BCUT2D eigenvalue weighted by molar-refractivity contribution is -0.134. The molecule has 1 aromatic rings. The summed E-state index contributed by atoms with van der Waals surface area (Å²) in [7, 11) is 0. The monoisotopic (exact) mass is 475 g/mol. The fourth-order valence-electron chi connectivity index (χ4n) is 5.94. The molecule has 2 saturated heterocycles. The number of benzene rings is 1. The van der Waals surface area contributed by atoms with Crippen LogP contribution in [-0.2, 0) is 16.0 Å². The molecule has 0 radical (unpaired) electrons. The van der Waals surface area contributed by atoms with Gasteiger partial charge in [-0.05, 0) is 74.5 Å². The van der Waals surface area contributed by atoms with Crippen LogP contribution in [0.4, 0.5) is 13.2 Å². The first-order valence-electron chi connectivity index (χ1n) is 12.2. The number of rotatable bonds is 9. The summed E-state index contributed by atoms with van der Waals surface area (Å²) in [6, 6.07) is 3.35. The van der Waals surface area contributed by atoms with E-state index in [1.807, 2.05) is 13.8 Å². The number of nitrogens with zero attached hydrogens (tertiary/aromatic N) is 3. The van der Waals surface area contributed by atoms with Crippen molar-refractivity contribution in [3.63, 3.8) is 0 Å². The molecule has 1 aliphatic carbocycles. The lowest BCUT2D eigenvalue weighted by Gasteiger charge is -2.32. The largest absolute Gasteiger partial charge is 0.339 e. The third kappa shape index (κ3) is 4.86. The van der Waals surface area contributed by atoms with Crippen LogP contribution in [0.25, 0.3) is 0 Å². The van der Waals surface area contributed by atoms with Crippen molar-refractivity contribution in [2.75, 3.05) is 19.6 Å². The molecule has 1 saturated carbocycles. The SMILES string of the molecule is CC(C)CC(Cc1cc(F)c(F)cc1F)CC(C=O)N1CC[C@H]2CN(C(=O)C3(C#N)CC3)C[C@H]21. The molecule has 2 unspecified atom stereocenters. The van der Waals surface area contributed by atoms with Crippen LogP contribution in [0.5, 0.6) is 0 Å². The summed E-state index contributed by atoms with van der Waals surface area (Å²) in [6.07, 6.45) is 4.48. The topological polar surface area (TPSA) is 64.4 Å². The summed E-state index contributed by atoms with van der Waals surface area (Å²) in [5.41, 5.74) is -0.720. The van der Waals surface area contributed by atoms with Gasteiger partial charge in [0, 0.05) is 25.2 Å². The molecule has 1 aromatic carbocycles. The molecule has 0 spiro atoms. The van der Waals surface area contributed by atoms with E-state index in [4.69, 9.17) is 0 Å². The van der Waals surface area contributed by atoms with Gasteiger partial charge in [0.15, 0.2) is 11.6 Å². The van der Waals surface area contributed by atoms with Gasteiger partial charge in [-0.15, -0.1) is 0 Å². The maximum Gasteiger partial charge on any atom is 0.243 e. The molecular weight excluding hydrogens is 443 g/mol. The highest BCUT2D eigenvalue weighted by molar-refractivity contribution is 5.88. The van der Waals surface area contributed by atoms with E-state index < -0.39 is 28.9 Å². The number of halogens is 3. The van der Waals surface area contributed by atoms with Gasteiger partial charge >= 0.3 is 0 Å². The molecule has 8 heteroatoms. The number of carbonyl (C=O) groups excluding carboxylic acids is 2. The van der Waals surface area contributed by atoms with E-state index in [-0.39, 0.29) is 41.7 Å². The maximum atomic E-state index is 14.3. The molecule has 0 aromatic heterocycles. The van der Waals surface area contributed by atoms with Crippen LogP contribution in [0.1, 0.15) is 51.5 Å². The van der Waals surface area contributed by atoms with Gasteiger partial charge in [0.1, 0.15) is 17.5 Å². The van der Waals surface area contributed by atoms with Crippen molar-refractivity contribution in [3.05, 3.63) is 35.1 Å². The fourth-order valence-corrected chi connectivity index (χ4v) is 5.94. The second-order valence-electron chi connectivity index (χ2n) is 10.8. The molecule has 0 N–H and O–H groups in total. The molecule has 2 heterocycles. The standard InChI is InChI=1S/C26H32F3N3O2/c1-16(2)7-17(8-19-10-22(28)23(29)11-21(19)27)9-20(14-33)32-6-3-18-12-31(13-24(18)32)25(34)26(15-30)4-5-26/h10-11,14,16-18,20,24H,3-9,12-13H2,1-2H3/t17?,18-,20?,24+/m0/s1. The third-order valence-electron chi connectivity index (χ3n) is 7.81. The molecule has 0 bridgehead atoms. The zero-order chi connectivity index (χ0) is 24.6. The minimum atomic E-state index is -1.21. The van der Waals surface area contributed by atoms with Crippen molar-refractivity contribution in [2.24, 2.45) is 23.2 Å². The van der Waals surface area contributed by atoms with E-state index in [0.29, 0.717) is 38.4 Å². The van der Waals surface area contributed by atoms with Crippen LogP contribution in [0.2, 0.25) is 0 Å². The Hall–Kier alpha value is -2.40. The summed E-state index contributed by atoms with van der Waals surface area (Å²) >= 11 is 0. The average Bonchev–Trinajstić information content (AvgIpc) is 3.33. The van der Waals surface area contributed by atoms with Crippen LogP contribution < -0.4 is 0 Å². The van der Waals surface area contributed by atoms with Gasteiger partial charge < -0.3 is 9.69 Å². The Morgan fingerprint density at radius 1 is 1.18 bits per heavy atom. The number of amides is 1. The molecule has 4 rings (SSSR count). The zero-order valence-electron chi connectivity index (χ0n) is 19.8. The van der Waals surface area contributed by atoms with Crippen LogP contribution in [0.15, 0.2) is 12.1 Å². The lowest BCUT2D eigenvalue weighted by Crippen LogP contribution is -2.45. The Kier molecular flexibility index (Phi) is 7.04. The number of nitriles is 1. The highest BCUT2D eigenvalue weighted by atomic mass is 19.2. The van der Waals surface area contributed by atoms with E-state index in [2.05, 4.69) is 11.0 Å². The van der Waals surface area contributed by atoms with Gasteiger partial charge in [-0.25, -0.2) is 13.2 Å². The Balaban J connectivity index is 1.46. The average molecular weight is 476 g/mol. The molecule has 4 atom stereocenters. The molecular formula is C26H32F3N3O2. The predicted octanol–water partition coefficient (Wildman–Crippen LogP) is 4.10. The maximum absolute atomic E-state index is 14.3. The van der Waals surface area contributed by atoms with Crippen LogP contribution >= 0.6 is 0 Å². The molecule has 2 aliphatic heterocycles. The highest BCUT2D eigenvalue weighted by Gasteiger charge is 2.55.